The first-order valence-corrected chi connectivity index (χ1v) is 15.9. The Morgan fingerprint density at radius 2 is 1.61 bits per heavy atom. The van der Waals surface area contributed by atoms with Gasteiger partial charge in [0.1, 0.15) is 11.6 Å². The van der Waals surface area contributed by atoms with Crippen LogP contribution in [0.4, 0.5) is 0 Å². The maximum atomic E-state index is 13.7. The molecule has 11 nitrogen and oxygen atoms in total. The van der Waals surface area contributed by atoms with Crippen molar-refractivity contribution >= 4 is 33.3 Å². The molecular weight excluding hydrogens is 550 g/mol. The summed E-state index contributed by atoms with van der Waals surface area (Å²) >= 11 is 0. The number of carbonyl (C=O) groups is 4. The van der Waals surface area contributed by atoms with E-state index in [-0.39, 0.29) is 29.6 Å². The molecule has 1 aromatic carbocycles. The van der Waals surface area contributed by atoms with Crippen molar-refractivity contribution < 1.29 is 37.4 Å². The van der Waals surface area contributed by atoms with Gasteiger partial charge in [-0.25, -0.2) is 8.42 Å². The highest BCUT2D eigenvalue weighted by Crippen LogP contribution is 2.33. The number of nitrogens with two attached hydrogens (primary N) is 1. The summed E-state index contributed by atoms with van der Waals surface area (Å²) in [6.45, 7) is 6.15. The smallest absolute Gasteiger partial charge is 0.243 e. The van der Waals surface area contributed by atoms with Crippen molar-refractivity contribution in [3.8, 4) is 0 Å². The van der Waals surface area contributed by atoms with Crippen molar-refractivity contribution in [2.45, 2.75) is 94.4 Å². The summed E-state index contributed by atoms with van der Waals surface area (Å²) in [5, 5.41) is 16.0. The van der Waals surface area contributed by atoms with E-state index in [4.69, 9.17) is 10.5 Å². The lowest BCUT2D eigenvalue weighted by Gasteiger charge is -2.32. The fraction of sp³-hybridized carbons (Fsp3) is 0.655. The van der Waals surface area contributed by atoms with Gasteiger partial charge in [0.15, 0.2) is 15.6 Å². The summed E-state index contributed by atoms with van der Waals surface area (Å²) in [5.41, 5.74) is 3.51. The van der Waals surface area contributed by atoms with Crippen LogP contribution in [0.1, 0.15) is 65.4 Å². The monoisotopic (exact) mass is 593 g/mol. The van der Waals surface area contributed by atoms with E-state index in [9.17, 15) is 32.7 Å². The van der Waals surface area contributed by atoms with E-state index in [1.807, 2.05) is 0 Å². The maximum absolute atomic E-state index is 13.7. The number of aliphatic hydroxyl groups is 1. The predicted octanol–water partition coefficient (Wildman–Crippen LogP) is 1.05. The van der Waals surface area contributed by atoms with Gasteiger partial charge in [0, 0.05) is 18.6 Å². The minimum absolute atomic E-state index is 0.0177. The van der Waals surface area contributed by atoms with Gasteiger partial charge in [-0.15, -0.1) is 0 Å². The molecule has 5 atom stereocenters. The molecule has 0 bridgehead atoms. The van der Waals surface area contributed by atoms with Crippen LogP contribution in [0.25, 0.3) is 0 Å². The average molecular weight is 594 g/mol. The van der Waals surface area contributed by atoms with E-state index in [1.165, 1.54) is 32.9 Å². The highest BCUT2D eigenvalue weighted by Gasteiger charge is 2.50. The van der Waals surface area contributed by atoms with Crippen molar-refractivity contribution in [2.24, 2.45) is 23.5 Å². The quantitative estimate of drug-likeness (QED) is 0.231. The van der Waals surface area contributed by atoms with E-state index in [0.717, 1.165) is 31.9 Å². The van der Waals surface area contributed by atoms with E-state index in [0.29, 0.717) is 12.0 Å². The summed E-state index contributed by atoms with van der Waals surface area (Å²) in [7, 11) is -3.44. The van der Waals surface area contributed by atoms with E-state index in [1.54, 1.807) is 19.1 Å². The Morgan fingerprint density at radius 1 is 1.07 bits per heavy atom. The third-order valence-corrected chi connectivity index (χ3v) is 9.31. The van der Waals surface area contributed by atoms with Crippen molar-refractivity contribution in [1.82, 2.24) is 10.6 Å². The molecular formula is C29H43N3O8S. The minimum Gasteiger partial charge on any atom is -0.390 e. The van der Waals surface area contributed by atoms with Crippen LogP contribution in [-0.2, 0) is 40.2 Å². The average Bonchev–Trinajstić information content (AvgIpc) is 3.40. The van der Waals surface area contributed by atoms with Crippen molar-refractivity contribution in [3.05, 3.63) is 29.8 Å². The van der Waals surface area contributed by atoms with Crippen LogP contribution in [0.2, 0.25) is 0 Å². The lowest BCUT2D eigenvalue weighted by Crippen LogP contribution is -2.56. The topological polar surface area (TPSA) is 185 Å². The minimum atomic E-state index is -3.44. The number of rotatable bonds is 14. The molecule has 0 spiro atoms. The Bertz CT molecular complexity index is 1250. The lowest BCUT2D eigenvalue weighted by molar-refractivity contribution is -0.142. The molecule has 0 aromatic heterocycles. The summed E-state index contributed by atoms with van der Waals surface area (Å²) in [6, 6.07) is 3.96. The van der Waals surface area contributed by atoms with Crippen LogP contribution in [0, 0.1) is 17.8 Å². The van der Waals surface area contributed by atoms with Gasteiger partial charge in [-0.2, -0.15) is 0 Å². The Balaban J connectivity index is 1.87. The van der Waals surface area contributed by atoms with Gasteiger partial charge in [0.25, 0.3) is 0 Å². The fourth-order valence-electron chi connectivity index (χ4n) is 5.68. The van der Waals surface area contributed by atoms with E-state index < -0.39 is 62.7 Å². The van der Waals surface area contributed by atoms with Crippen molar-refractivity contribution in [1.29, 1.82) is 0 Å². The zero-order valence-electron chi connectivity index (χ0n) is 24.4. The second kappa shape index (κ2) is 12.6. The molecule has 1 aliphatic heterocycles. The van der Waals surface area contributed by atoms with Gasteiger partial charge in [-0.3, -0.25) is 19.2 Å². The van der Waals surface area contributed by atoms with Crippen molar-refractivity contribution in [3.63, 3.8) is 0 Å². The SMILES string of the molecule is C[C@@H](C(=O)N[C@@H](Cc1ccc(S(C)(=O)=O)cc1)C(=O)N[C@@H](CC1CCCC1)C(=O)[C@@]1(C)CO1)C(C(N)=O)C(C)(C)O. The normalized spacial score (nSPS) is 22.3. The Hall–Kier alpha value is -2.83. The zero-order valence-corrected chi connectivity index (χ0v) is 25.3. The molecule has 2 aliphatic rings. The van der Waals surface area contributed by atoms with Crippen LogP contribution < -0.4 is 16.4 Å². The predicted molar refractivity (Wildman–Crippen MR) is 151 cm³/mol. The van der Waals surface area contributed by atoms with Crippen LogP contribution >= 0.6 is 0 Å². The number of primary amides is 1. The molecule has 41 heavy (non-hydrogen) atoms. The molecule has 5 N–H and O–H groups in total. The largest absolute Gasteiger partial charge is 0.390 e. The number of epoxide rings is 1. The fourth-order valence-corrected chi connectivity index (χ4v) is 6.31. The lowest BCUT2D eigenvalue weighted by atomic mass is 9.80. The van der Waals surface area contributed by atoms with Gasteiger partial charge in [0.05, 0.1) is 29.1 Å². The number of ketones is 1. The maximum Gasteiger partial charge on any atom is 0.243 e. The van der Waals surface area contributed by atoms with E-state index in [2.05, 4.69) is 10.6 Å². The molecule has 1 saturated heterocycles. The van der Waals surface area contributed by atoms with Gasteiger partial charge in [-0.05, 0) is 50.8 Å². The molecule has 1 saturated carbocycles. The molecule has 3 rings (SSSR count). The third kappa shape index (κ3) is 8.59. The van der Waals surface area contributed by atoms with E-state index >= 15 is 0 Å². The van der Waals surface area contributed by atoms with Gasteiger partial charge < -0.3 is 26.2 Å². The second-order valence-electron chi connectivity index (χ2n) is 12.3. The number of benzene rings is 1. The Morgan fingerprint density at radius 3 is 2.07 bits per heavy atom. The van der Waals surface area contributed by atoms with Crippen LogP contribution in [0.15, 0.2) is 29.2 Å². The molecule has 1 unspecified atom stereocenters. The highest BCUT2D eigenvalue weighted by atomic mass is 32.2. The molecule has 12 heteroatoms. The zero-order chi connectivity index (χ0) is 30.8. The highest BCUT2D eigenvalue weighted by molar-refractivity contribution is 7.90. The van der Waals surface area contributed by atoms with Gasteiger partial charge >= 0.3 is 0 Å². The molecule has 3 amide bonds. The van der Waals surface area contributed by atoms with Crippen LogP contribution in [0.5, 0.6) is 0 Å². The number of hydrogen-bond donors (Lipinski definition) is 4. The number of ether oxygens (including phenoxy) is 1. The number of amides is 3. The number of hydrogen-bond acceptors (Lipinski definition) is 8. The first kappa shape index (κ1) is 32.7. The Labute approximate surface area is 241 Å². The molecule has 0 radical (unpaired) electrons. The number of nitrogens with one attached hydrogen (secondary N) is 2. The standard InChI is InChI=1S/C29H43N3O8S/c1-17(23(25(30)34)28(2,3)37)26(35)32-22(15-19-10-12-20(13-11-19)41(5,38)39)27(36)31-21(14-18-8-6-7-9-18)24(33)29(4)16-40-29/h10-13,17-18,21-23,37H,6-9,14-16H2,1-5H3,(H2,30,34)(H,31,36)(H,32,35)/t17-,21+,22+,23?,29-/m1/s1. The number of Topliss-reactive ketones (excluding diaryl/α,β-unsaturated/α-hetero) is 1. The first-order valence-electron chi connectivity index (χ1n) is 14.0. The first-order chi connectivity index (χ1) is 18.9. The summed E-state index contributed by atoms with van der Waals surface area (Å²) in [5.74, 6) is -4.39. The summed E-state index contributed by atoms with van der Waals surface area (Å²) < 4.78 is 29.1. The number of sulfone groups is 1. The molecule has 1 heterocycles. The van der Waals surface area contributed by atoms with Gasteiger partial charge in [0.2, 0.25) is 17.7 Å². The Kier molecular flexibility index (Phi) is 10.0. The van der Waals surface area contributed by atoms with Gasteiger partial charge in [-0.1, -0.05) is 44.7 Å². The molecule has 228 valence electrons. The summed E-state index contributed by atoms with van der Waals surface area (Å²) in [6.07, 6.45) is 5.59. The molecule has 1 aliphatic carbocycles. The third-order valence-electron chi connectivity index (χ3n) is 8.18. The number of carbonyl (C=O) groups excluding carboxylic acids is 4. The van der Waals surface area contributed by atoms with Crippen LogP contribution in [0.3, 0.4) is 0 Å². The second-order valence-corrected chi connectivity index (χ2v) is 14.4. The molecule has 1 aromatic rings. The molecule has 2 fully saturated rings. The summed E-state index contributed by atoms with van der Waals surface area (Å²) in [4.78, 5) is 52.5. The van der Waals surface area contributed by atoms with Crippen molar-refractivity contribution in [2.75, 3.05) is 12.9 Å². The van der Waals surface area contributed by atoms with Crippen LogP contribution in [-0.4, -0.2) is 73.2 Å².